The highest BCUT2D eigenvalue weighted by Crippen LogP contribution is 2.24. The number of aromatic nitrogens is 2. The van der Waals surface area contributed by atoms with Crippen LogP contribution in [0.15, 0.2) is 28.7 Å². The van der Waals surface area contributed by atoms with Crippen LogP contribution in [-0.2, 0) is 19.4 Å². The smallest absolute Gasteiger partial charge is 0.0847 e. The predicted octanol–water partition coefficient (Wildman–Crippen LogP) is 3.99. The van der Waals surface area contributed by atoms with Crippen LogP contribution >= 0.6 is 27.5 Å². The molecule has 1 atom stereocenters. The fourth-order valence-electron chi connectivity index (χ4n) is 2.53. The second-order valence-electron chi connectivity index (χ2n) is 5.30. The van der Waals surface area contributed by atoms with Gasteiger partial charge in [-0.2, -0.15) is 5.10 Å². The minimum absolute atomic E-state index is 0.366. The number of nitrogens with two attached hydrogens (primary N) is 1. The Hall–Kier alpha value is -0.840. The average Bonchev–Trinajstić information content (AvgIpc) is 2.76. The molecule has 0 saturated carbocycles. The minimum atomic E-state index is 0.366. The molecule has 2 N–H and O–H groups in total. The monoisotopic (exact) mass is 369 g/mol. The molecule has 3 nitrogen and oxygen atoms in total. The Labute approximate surface area is 139 Å². The Morgan fingerprint density at radius 3 is 2.52 bits per heavy atom. The molecule has 0 aliphatic carbocycles. The minimum Gasteiger partial charge on any atom is -0.330 e. The van der Waals surface area contributed by atoms with E-state index >= 15 is 0 Å². The zero-order chi connectivity index (χ0) is 15.4. The van der Waals surface area contributed by atoms with Crippen LogP contribution in [0.4, 0.5) is 0 Å². The normalized spacial score (nSPS) is 12.6. The van der Waals surface area contributed by atoms with Gasteiger partial charge in [0.05, 0.1) is 16.4 Å². The second kappa shape index (κ2) is 7.43. The number of benzene rings is 1. The van der Waals surface area contributed by atoms with Crippen LogP contribution in [0.2, 0.25) is 5.02 Å². The topological polar surface area (TPSA) is 43.8 Å². The summed E-state index contributed by atoms with van der Waals surface area (Å²) in [5.74, 6) is 0.366. The molecule has 2 aromatic rings. The van der Waals surface area contributed by atoms with E-state index in [4.69, 9.17) is 17.3 Å². The third-order valence-corrected chi connectivity index (χ3v) is 4.73. The van der Waals surface area contributed by atoms with Gasteiger partial charge in [-0.25, -0.2) is 0 Å². The molecular formula is C16H21BrClN3. The van der Waals surface area contributed by atoms with Crippen LogP contribution < -0.4 is 5.73 Å². The van der Waals surface area contributed by atoms with Gasteiger partial charge in [-0.15, -0.1) is 0 Å². The van der Waals surface area contributed by atoms with E-state index in [1.807, 2.05) is 11.6 Å². The summed E-state index contributed by atoms with van der Waals surface area (Å²) < 4.78 is 3.08. The van der Waals surface area contributed by atoms with Crippen LogP contribution in [0.25, 0.3) is 0 Å². The van der Waals surface area contributed by atoms with Gasteiger partial charge in [-0.05, 0) is 56.8 Å². The maximum atomic E-state index is 6.39. The molecule has 0 bridgehead atoms. The van der Waals surface area contributed by atoms with Gasteiger partial charge in [-0.1, -0.05) is 39.7 Å². The summed E-state index contributed by atoms with van der Waals surface area (Å²) in [5, 5.41) is 5.26. The standard InChI is InChI=1S/C16H21BrClN3/c1-3-21-15(16(18)11(2)20-21)9-13(10-19)8-12-4-6-14(17)7-5-12/h4-7,13H,3,8-10,19H2,1-2H3. The van der Waals surface area contributed by atoms with Gasteiger partial charge in [-0.3, -0.25) is 4.68 Å². The number of halogens is 2. The molecule has 1 aromatic heterocycles. The van der Waals surface area contributed by atoms with Crippen LogP contribution in [-0.4, -0.2) is 16.3 Å². The summed E-state index contributed by atoms with van der Waals surface area (Å²) in [6.45, 7) is 5.50. The van der Waals surface area contributed by atoms with E-state index in [2.05, 4.69) is 52.2 Å². The summed E-state index contributed by atoms with van der Waals surface area (Å²) in [4.78, 5) is 0. The van der Waals surface area contributed by atoms with Crippen LogP contribution in [0.5, 0.6) is 0 Å². The van der Waals surface area contributed by atoms with Crippen molar-refractivity contribution in [3.05, 3.63) is 50.7 Å². The Balaban J connectivity index is 2.14. The zero-order valence-corrected chi connectivity index (χ0v) is 14.8. The lowest BCUT2D eigenvalue weighted by molar-refractivity contribution is 0.499. The zero-order valence-electron chi connectivity index (χ0n) is 12.4. The largest absolute Gasteiger partial charge is 0.330 e. The summed E-state index contributed by atoms with van der Waals surface area (Å²) in [6.07, 6.45) is 1.81. The van der Waals surface area contributed by atoms with Crippen molar-refractivity contribution in [2.45, 2.75) is 33.2 Å². The van der Waals surface area contributed by atoms with Crippen molar-refractivity contribution in [1.82, 2.24) is 9.78 Å². The molecular weight excluding hydrogens is 350 g/mol. The van der Waals surface area contributed by atoms with Crippen molar-refractivity contribution in [1.29, 1.82) is 0 Å². The average molecular weight is 371 g/mol. The predicted molar refractivity (Wildman–Crippen MR) is 91.7 cm³/mol. The van der Waals surface area contributed by atoms with Crippen LogP contribution in [0.1, 0.15) is 23.9 Å². The van der Waals surface area contributed by atoms with E-state index in [0.29, 0.717) is 12.5 Å². The first kappa shape index (κ1) is 16.5. The lowest BCUT2D eigenvalue weighted by Crippen LogP contribution is -2.21. The van der Waals surface area contributed by atoms with Crippen molar-refractivity contribution in [2.75, 3.05) is 6.54 Å². The van der Waals surface area contributed by atoms with Gasteiger partial charge < -0.3 is 5.73 Å². The van der Waals surface area contributed by atoms with Crippen molar-refractivity contribution in [3.8, 4) is 0 Å². The first-order valence-electron chi connectivity index (χ1n) is 7.21. The second-order valence-corrected chi connectivity index (χ2v) is 6.59. The van der Waals surface area contributed by atoms with Crippen molar-refractivity contribution in [2.24, 2.45) is 11.7 Å². The summed E-state index contributed by atoms with van der Waals surface area (Å²) in [5.41, 5.74) is 9.26. The molecule has 0 saturated heterocycles. The lowest BCUT2D eigenvalue weighted by Gasteiger charge is -2.16. The molecule has 1 aromatic carbocycles. The molecule has 1 unspecified atom stereocenters. The Morgan fingerprint density at radius 2 is 1.95 bits per heavy atom. The lowest BCUT2D eigenvalue weighted by atomic mass is 9.94. The quantitative estimate of drug-likeness (QED) is 0.835. The first-order chi connectivity index (χ1) is 10.0. The fraction of sp³-hybridized carbons (Fsp3) is 0.438. The van der Waals surface area contributed by atoms with E-state index in [9.17, 15) is 0 Å². The maximum Gasteiger partial charge on any atom is 0.0847 e. The van der Waals surface area contributed by atoms with E-state index in [0.717, 1.165) is 40.3 Å². The number of aryl methyl sites for hydroxylation is 2. The number of nitrogens with zero attached hydrogens (tertiary/aromatic N) is 2. The van der Waals surface area contributed by atoms with Crippen molar-refractivity contribution in [3.63, 3.8) is 0 Å². The molecule has 0 fully saturated rings. The Bertz CT molecular complexity index is 592. The van der Waals surface area contributed by atoms with Gasteiger partial charge in [0, 0.05) is 11.0 Å². The highest BCUT2D eigenvalue weighted by atomic mass is 79.9. The van der Waals surface area contributed by atoms with E-state index in [1.165, 1.54) is 5.56 Å². The highest BCUT2D eigenvalue weighted by Gasteiger charge is 2.17. The summed E-state index contributed by atoms with van der Waals surface area (Å²) in [6, 6.07) is 8.40. The van der Waals surface area contributed by atoms with Gasteiger partial charge in [0.2, 0.25) is 0 Å². The van der Waals surface area contributed by atoms with Gasteiger partial charge in [0.15, 0.2) is 0 Å². The molecule has 1 heterocycles. The van der Waals surface area contributed by atoms with Crippen molar-refractivity contribution < 1.29 is 0 Å². The molecule has 0 aliphatic heterocycles. The van der Waals surface area contributed by atoms with E-state index in [1.54, 1.807) is 0 Å². The molecule has 0 amide bonds. The highest BCUT2D eigenvalue weighted by molar-refractivity contribution is 9.10. The molecule has 5 heteroatoms. The van der Waals surface area contributed by atoms with Gasteiger partial charge >= 0.3 is 0 Å². The molecule has 114 valence electrons. The molecule has 21 heavy (non-hydrogen) atoms. The van der Waals surface area contributed by atoms with Gasteiger partial charge in [0.1, 0.15) is 0 Å². The Morgan fingerprint density at radius 1 is 1.29 bits per heavy atom. The first-order valence-corrected chi connectivity index (χ1v) is 8.38. The van der Waals surface area contributed by atoms with Crippen molar-refractivity contribution >= 4 is 27.5 Å². The van der Waals surface area contributed by atoms with Gasteiger partial charge in [0.25, 0.3) is 0 Å². The molecule has 2 rings (SSSR count). The Kier molecular flexibility index (Phi) is 5.85. The SMILES string of the molecule is CCn1nc(C)c(Cl)c1CC(CN)Cc1ccc(Br)cc1. The third kappa shape index (κ3) is 4.09. The molecule has 0 aliphatic rings. The van der Waals surface area contributed by atoms with E-state index < -0.39 is 0 Å². The summed E-state index contributed by atoms with van der Waals surface area (Å²) >= 11 is 9.85. The summed E-state index contributed by atoms with van der Waals surface area (Å²) in [7, 11) is 0. The van der Waals surface area contributed by atoms with Crippen LogP contribution in [0, 0.1) is 12.8 Å². The number of rotatable bonds is 6. The van der Waals surface area contributed by atoms with E-state index in [-0.39, 0.29) is 0 Å². The van der Waals surface area contributed by atoms with Crippen LogP contribution in [0.3, 0.4) is 0 Å². The fourth-order valence-corrected chi connectivity index (χ4v) is 3.01. The maximum absolute atomic E-state index is 6.39. The molecule has 0 spiro atoms. The number of hydrogen-bond acceptors (Lipinski definition) is 2. The molecule has 0 radical (unpaired) electrons. The number of hydrogen-bond donors (Lipinski definition) is 1. The third-order valence-electron chi connectivity index (χ3n) is 3.71.